The molecule has 0 heterocycles. The summed E-state index contributed by atoms with van der Waals surface area (Å²) in [5.74, 6) is 0.779. The van der Waals surface area contributed by atoms with Crippen molar-refractivity contribution < 1.29 is 4.92 Å². The monoisotopic (exact) mass is 214 g/mol. The number of non-ortho nitro benzene ring substituents is 1. The fourth-order valence-electron chi connectivity index (χ4n) is 0.733. The van der Waals surface area contributed by atoms with Crippen molar-refractivity contribution in [1.82, 2.24) is 0 Å². The van der Waals surface area contributed by atoms with E-state index in [1.165, 1.54) is 12.1 Å². The molecule has 0 unspecified atom stereocenters. The summed E-state index contributed by atoms with van der Waals surface area (Å²) in [4.78, 5) is 10.9. The minimum Gasteiger partial charge on any atom is -0.258 e. The third-order valence-corrected chi connectivity index (χ3v) is 3.47. The molecule has 1 rings (SSSR count). The molecular weight excluding hydrogens is 206 g/mol. The van der Waals surface area contributed by atoms with Crippen LogP contribution >= 0.6 is 21.6 Å². The van der Waals surface area contributed by atoms with Gasteiger partial charge in [-0.15, -0.1) is 0 Å². The number of hydrogen-bond donors (Lipinski definition) is 0. The van der Waals surface area contributed by atoms with Gasteiger partial charge >= 0.3 is 0 Å². The van der Waals surface area contributed by atoms with Crippen LogP contribution in [0.4, 0.5) is 5.69 Å². The molecule has 13 heavy (non-hydrogen) atoms. The van der Waals surface area contributed by atoms with Crippen LogP contribution in [0.2, 0.25) is 0 Å². The van der Waals surface area contributed by atoms with Crippen LogP contribution in [0.15, 0.2) is 29.2 Å². The summed E-state index contributed by atoms with van der Waals surface area (Å²) in [6.45, 7) is 3.68. The Balaban J connectivity index is 2.64. The Bertz CT molecular complexity index is 287. The topological polar surface area (TPSA) is 43.1 Å². The summed E-state index contributed by atoms with van der Waals surface area (Å²) in [5.41, 5.74) is 0.129. The Kier molecular flexibility index (Phi) is 4.11. The lowest BCUT2D eigenvalue weighted by Gasteiger charge is -1.97. The van der Waals surface area contributed by atoms with Crippen LogP contribution < -0.4 is 0 Å². The number of nitro groups is 1. The summed E-state index contributed by atoms with van der Waals surface area (Å²) in [6, 6.07) is 6.49. The second kappa shape index (κ2) is 5.14. The van der Waals surface area contributed by atoms with Gasteiger partial charge in [-0.2, -0.15) is 0 Å². The average Bonchev–Trinajstić information content (AvgIpc) is 2.15. The van der Waals surface area contributed by atoms with Crippen LogP contribution in [-0.2, 0) is 0 Å². The Labute approximate surface area is 84.5 Å². The Morgan fingerprint density at radius 3 is 2.46 bits per heavy atom. The molecule has 0 aliphatic heterocycles. The van der Waals surface area contributed by atoms with Crippen molar-refractivity contribution in [1.29, 1.82) is 0 Å². The molecule has 0 aliphatic carbocycles. The van der Waals surface area contributed by atoms with Crippen molar-refractivity contribution in [2.45, 2.75) is 4.90 Å². The van der Waals surface area contributed by atoms with Crippen molar-refractivity contribution in [2.24, 2.45) is 0 Å². The first-order valence-corrected chi connectivity index (χ1v) is 5.89. The Morgan fingerprint density at radius 2 is 2.00 bits per heavy atom. The smallest absolute Gasteiger partial charge is 0.258 e. The van der Waals surface area contributed by atoms with Gasteiger partial charge in [0.05, 0.1) is 4.92 Å². The molecule has 0 amide bonds. The highest BCUT2D eigenvalue weighted by atomic mass is 33.1. The lowest BCUT2D eigenvalue weighted by Crippen LogP contribution is -1.86. The maximum atomic E-state index is 10.3. The predicted molar refractivity (Wildman–Crippen MR) is 56.8 cm³/mol. The fourth-order valence-corrected chi connectivity index (χ4v) is 2.19. The van der Waals surface area contributed by atoms with Crippen LogP contribution in [0.25, 0.3) is 0 Å². The van der Waals surface area contributed by atoms with E-state index in [4.69, 9.17) is 0 Å². The molecule has 0 saturated carbocycles. The molecule has 1 aromatic carbocycles. The molecule has 3 nitrogen and oxygen atoms in total. The molecule has 0 aromatic heterocycles. The van der Waals surface area contributed by atoms with E-state index in [1.54, 1.807) is 33.7 Å². The first kappa shape index (κ1) is 10.4. The van der Waals surface area contributed by atoms with E-state index in [1.807, 2.05) is 0 Å². The fraction of sp³-hybridized carbons (Fsp3) is 0.125. The number of nitrogens with zero attached hydrogens (tertiary/aromatic N) is 1. The van der Waals surface area contributed by atoms with Gasteiger partial charge in [-0.05, 0) is 19.1 Å². The number of hydrogen-bond acceptors (Lipinski definition) is 4. The molecule has 0 aliphatic rings. The number of rotatable bonds is 4. The summed E-state index contributed by atoms with van der Waals surface area (Å²) >= 11 is 0. The summed E-state index contributed by atoms with van der Waals surface area (Å²) in [5, 5.41) is 10.3. The van der Waals surface area contributed by atoms with Gasteiger partial charge in [-0.3, -0.25) is 10.1 Å². The van der Waals surface area contributed by atoms with Crippen molar-refractivity contribution in [3.8, 4) is 0 Å². The molecule has 0 N–H and O–H groups in total. The van der Waals surface area contributed by atoms with Gasteiger partial charge in [0.2, 0.25) is 0 Å². The second-order valence-corrected chi connectivity index (χ2v) is 4.65. The van der Waals surface area contributed by atoms with Gasteiger partial charge in [0.1, 0.15) is 0 Å². The molecule has 5 heteroatoms. The summed E-state index contributed by atoms with van der Waals surface area (Å²) in [6.07, 6.45) is 0. The van der Waals surface area contributed by atoms with Crippen molar-refractivity contribution in [3.63, 3.8) is 0 Å². The molecule has 0 saturated heterocycles. The standard InChI is InChI=1S/C8H8NO2S2/c1-2-12-13-8-5-3-7(4-6-8)9(10)11/h3-6H,1-2H2. The lowest BCUT2D eigenvalue weighted by molar-refractivity contribution is -0.384. The van der Waals surface area contributed by atoms with E-state index >= 15 is 0 Å². The van der Waals surface area contributed by atoms with Crippen LogP contribution in [0.1, 0.15) is 0 Å². The highest BCUT2D eigenvalue weighted by Crippen LogP contribution is 2.31. The van der Waals surface area contributed by atoms with E-state index in [2.05, 4.69) is 6.92 Å². The third kappa shape index (κ3) is 3.28. The molecule has 1 radical (unpaired) electrons. The molecule has 1 aromatic rings. The van der Waals surface area contributed by atoms with E-state index in [9.17, 15) is 10.1 Å². The quantitative estimate of drug-likeness (QED) is 0.438. The minimum atomic E-state index is -0.400. The zero-order chi connectivity index (χ0) is 9.68. The zero-order valence-corrected chi connectivity index (χ0v) is 8.44. The van der Waals surface area contributed by atoms with Crippen LogP contribution in [0.3, 0.4) is 0 Å². The normalized spacial score (nSPS) is 9.92. The first-order chi connectivity index (χ1) is 6.24. The van der Waals surface area contributed by atoms with Gasteiger partial charge in [-0.1, -0.05) is 21.6 Å². The van der Waals surface area contributed by atoms with Crippen molar-refractivity contribution in [3.05, 3.63) is 41.3 Å². The highest BCUT2D eigenvalue weighted by molar-refractivity contribution is 8.76. The Hall–Kier alpha value is -0.680. The largest absolute Gasteiger partial charge is 0.269 e. The van der Waals surface area contributed by atoms with Crippen LogP contribution in [-0.4, -0.2) is 10.7 Å². The number of nitro benzene ring substituents is 1. The number of benzene rings is 1. The maximum Gasteiger partial charge on any atom is 0.269 e. The van der Waals surface area contributed by atoms with E-state index < -0.39 is 4.92 Å². The lowest BCUT2D eigenvalue weighted by atomic mass is 10.3. The summed E-state index contributed by atoms with van der Waals surface area (Å²) < 4.78 is 0. The first-order valence-electron chi connectivity index (χ1n) is 3.57. The molecule has 69 valence electrons. The molecule has 0 spiro atoms. The molecule has 0 fully saturated rings. The minimum absolute atomic E-state index is 0.129. The van der Waals surface area contributed by atoms with Crippen LogP contribution in [0.5, 0.6) is 0 Å². The van der Waals surface area contributed by atoms with Crippen molar-refractivity contribution >= 4 is 27.3 Å². The SMILES string of the molecule is [CH2]CSSc1ccc([N+](=O)[O-])cc1. The molecule has 0 bridgehead atoms. The maximum absolute atomic E-state index is 10.3. The highest BCUT2D eigenvalue weighted by Gasteiger charge is 2.03. The van der Waals surface area contributed by atoms with Gasteiger partial charge in [-0.25, -0.2) is 0 Å². The molecular formula is C8H8NO2S2. The van der Waals surface area contributed by atoms with E-state index in [-0.39, 0.29) is 5.69 Å². The van der Waals surface area contributed by atoms with Gasteiger partial charge in [0.15, 0.2) is 0 Å². The van der Waals surface area contributed by atoms with Gasteiger partial charge in [0.25, 0.3) is 5.69 Å². The van der Waals surface area contributed by atoms with Crippen molar-refractivity contribution in [2.75, 3.05) is 5.75 Å². The zero-order valence-electron chi connectivity index (χ0n) is 6.80. The van der Waals surface area contributed by atoms with Crippen LogP contribution in [0, 0.1) is 17.0 Å². The summed E-state index contributed by atoms with van der Waals surface area (Å²) in [7, 11) is 3.18. The van der Waals surface area contributed by atoms with E-state index in [0.717, 1.165) is 10.6 Å². The average molecular weight is 214 g/mol. The van der Waals surface area contributed by atoms with E-state index in [0.29, 0.717) is 0 Å². The third-order valence-electron chi connectivity index (χ3n) is 1.29. The Morgan fingerprint density at radius 1 is 1.38 bits per heavy atom. The molecule has 0 atom stereocenters. The van der Waals surface area contributed by atoms with Gasteiger partial charge < -0.3 is 0 Å². The predicted octanol–water partition coefficient (Wildman–Crippen LogP) is 3.17. The second-order valence-electron chi connectivity index (χ2n) is 2.16. The van der Waals surface area contributed by atoms with Gasteiger partial charge in [0, 0.05) is 22.8 Å².